The minimum atomic E-state index is 0.220. The van der Waals surface area contributed by atoms with Crippen LogP contribution in [0.5, 0.6) is 0 Å². The molecule has 0 N–H and O–H groups in total. The molecular weight excluding hydrogens is 386 g/mol. The molecule has 2 aliphatic rings. The zero-order valence-electron chi connectivity index (χ0n) is 19.2. The van der Waals surface area contributed by atoms with Crippen LogP contribution in [-0.4, -0.2) is 72.5 Å². The SMILES string of the molecule is Cc1nc(C2CCN(C(=O)CN(C)C)CC2)nc2c1CCCN2CCc1ccccc1. The van der Waals surface area contributed by atoms with Crippen LogP contribution < -0.4 is 4.90 Å². The Hall–Kier alpha value is -2.47. The number of carbonyl (C=O) groups is 1. The number of amides is 1. The molecule has 0 bridgehead atoms. The predicted octanol–water partition coefficient (Wildman–Crippen LogP) is 3.05. The quantitative estimate of drug-likeness (QED) is 0.718. The van der Waals surface area contributed by atoms with Crippen LogP contribution in [0.4, 0.5) is 5.82 Å². The first kappa shape index (κ1) is 21.8. The van der Waals surface area contributed by atoms with Gasteiger partial charge in [0.2, 0.25) is 5.91 Å². The van der Waals surface area contributed by atoms with Gasteiger partial charge in [0.15, 0.2) is 0 Å². The van der Waals surface area contributed by atoms with Crippen LogP contribution in [0, 0.1) is 6.92 Å². The van der Waals surface area contributed by atoms with Crippen LogP contribution in [0.25, 0.3) is 0 Å². The van der Waals surface area contributed by atoms with Gasteiger partial charge in [-0.25, -0.2) is 9.97 Å². The van der Waals surface area contributed by atoms with Gasteiger partial charge in [-0.2, -0.15) is 0 Å². The van der Waals surface area contributed by atoms with Crippen molar-refractivity contribution in [3.63, 3.8) is 0 Å². The smallest absolute Gasteiger partial charge is 0.236 e. The molecule has 0 atom stereocenters. The third-order valence-corrected chi connectivity index (χ3v) is 6.54. The van der Waals surface area contributed by atoms with Crippen molar-refractivity contribution in [1.82, 2.24) is 19.8 Å². The standard InChI is InChI=1S/C25H35N5O/c1-19-22-10-7-14-30(15-11-20-8-5-4-6-9-20)25(22)27-24(26-19)21-12-16-29(17-13-21)23(31)18-28(2)3/h4-6,8-9,21H,7,10-18H2,1-3H3. The van der Waals surface area contributed by atoms with E-state index in [0.29, 0.717) is 12.5 Å². The molecular formula is C25H35N5O. The Bertz CT molecular complexity index is 890. The average Bonchev–Trinajstić information content (AvgIpc) is 2.78. The average molecular weight is 422 g/mol. The molecule has 0 unspecified atom stereocenters. The number of hydrogen-bond donors (Lipinski definition) is 0. The molecule has 166 valence electrons. The maximum absolute atomic E-state index is 12.4. The summed E-state index contributed by atoms with van der Waals surface area (Å²) in [6, 6.07) is 10.7. The second-order valence-electron chi connectivity index (χ2n) is 9.19. The number of anilines is 1. The lowest BCUT2D eigenvalue weighted by atomic mass is 9.94. The highest BCUT2D eigenvalue weighted by Gasteiger charge is 2.28. The minimum absolute atomic E-state index is 0.220. The van der Waals surface area contributed by atoms with E-state index in [0.717, 1.165) is 75.6 Å². The molecule has 3 heterocycles. The van der Waals surface area contributed by atoms with E-state index in [2.05, 4.69) is 42.2 Å². The van der Waals surface area contributed by atoms with Gasteiger partial charge in [-0.1, -0.05) is 30.3 Å². The maximum Gasteiger partial charge on any atom is 0.236 e. The summed E-state index contributed by atoms with van der Waals surface area (Å²) in [5.41, 5.74) is 3.83. The van der Waals surface area contributed by atoms with E-state index in [-0.39, 0.29) is 5.91 Å². The third kappa shape index (κ3) is 5.24. The van der Waals surface area contributed by atoms with Crippen LogP contribution in [0.1, 0.15) is 47.8 Å². The molecule has 0 spiro atoms. The Kier molecular flexibility index (Phi) is 6.86. The summed E-state index contributed by atoms with van der Waals surface area (Å²) in [5.74, 6) is 2.68. The van der Waals surface area contributed by atoms with Crippen LogP contribution in [-0.2, 0) is 17.6 Å². The van der Waals surface area contributed by atoms with Gasteiger partial charge >= 0.3 is 0 Å². The Morgan fingerprint density at radius 3 is 2.55 bits per heavy atom. The molecule has 1 amide bonds. The molecule has 1 aromatic heterocycles. The molecule has 1 fully saturated rings. The fourth-order valence-electron chi connectivity index (χ4n) is 4.78. The van der Waals surface area contributed by atoms with E-state index in [1.165, 1.54) is 11.1 Å². The zero-order chi connectivity index (χ0) is 21.8. The molecule has 1 saturated heterocycles. The third-order valence-electron chi connectivity index (χ3n) is 6.54. The molecule has 31 heavy (non-hydrogen) atoms. The van der Waals surface area contributed by atoms with E-state index in [1.807, 2.05) is 23.9 Å². The van der Waals surface area contributed by atoms with E-state index < -0.39 is 0 Å². The van der Waals surface area contributed by atoms with Crippen molar-refractivity contribution < 1.29 is 4.79 Å². The fraction of sp³-hybridized carbons (Fsp3) is 0.560. The number of hydrogen-bond acceptors (Lipinski definition) is 5. The number of piperidine rings is 1. The number of nitrogens with zero attached hydrogens (tertiary/aromatic N) is 5. The Morgan fingerprint density at radius 1 is 1.10 bits per heavy atom. The molecule has 2 aliphatic heterocycles. The van der Waals surface area contributed by atoms with Gasteiger partial charge in [-0.15, -0.1) is 0 Å². The first-order valence-electron chi connectivity index (χ1n) is 11.6. The molecule has 4 rings (SSSR count). The van der Waals surface area contributed by atoms with E-state index >= 15 is 0 Å². The van der Waals surface area contributed by atoms with Crippen LogP contribution in [0.3, 0.4) is 0 Å². The number of benzene rings is 1. The number of carbonyl (C=O) groups excluding carboxylic acids is 1. The van der Waals surface area contributed by atoms with Gasteiger partial charge in [0.1, 0.15) is 11.6 Å². The topological polar surface area (TPSA) is 52.6 Å². The normalized spacial score (nSPS) is 17.2. The molecule has 0 radical (unpaired) electrons. The Labute approximate surface area is 186 Å². The summed E-state index contributed by atoms with van der Waals surface area (Å²) in [6.45, 7) is 6.27. The number of likely N-dealkylation sites (N-methyl/N-ethyl adjacent to an activating group) is 1. The summed E-state index contributed by atoms with van der Waals surface area (Å²) < 4.78 is 0. The number of fused-ring (bicyclic) bond motifs is 1. The summed E-state index contributed by atoms with van der Waals surface area (Å²) in [6.07, 6.45) is 5.16. The number of likely N-dealkylation sites (tertiary alicyclic amines) is 1. The first-order chi connectivity index (χ1) is 15.0. The van der Waals surface area contributed by atoms with Crippen molar-refractivity contribution in [1.29, 1.82) is 0 Å². The highest BCUT2D eigenvalue weighted by atomic mass is 16.2. The number of aryl methyl sites for hydroxylation is 1. The van der Waals surface area contributed by atoms with E-state index in [9.17, 15) is 4.79 Å². The van der Waals surface area contributed by atoms with Crippen molar-refractivity contribution in [2.75, 3.05) is 51.7 Å². The first-order valence-corrected chi connectivity index (χ1v) is 11.6. The summed E-state index contributed by atoms with van der Waals surface area (Å²) in [5, 5.41) is 0. The fourth-order valence-corrected chi connectivity index (χ4v) is 4.78. The predicted molar refractivity (Wildman–Crippen MR) is 125 cm³/mol. The van der Waals surface area contributed by atoms with Gasteiger partial charge in [0.05, 0.1) is 6.54 Å². The van der Waals surface area contributed by atoms with Gasteiger partial charge in [-0.3, -0.25) is 4.79 Å². The van der Waals surface area contributed by atoms with Crippen molar-refractivity contribution in [3.8, 4) is 0 Å². The zero-order valence-corrected chi connectivity index (χ0v) is 19.2. The van der Waals surface area contributed by atoms with Crippen LogP contribution >= 0.6 is 0 Å². The lowest BCUT2D eigenvalue weighted by Crippen LogP contribution is -2.42. The van der Waals surface area contributed by atoms with E-state index in [4.69, 9.17) is 9.97 Å². The second-order valence-corrected chi connectivity index (χ2v) is 9.19. The van der Waals surface area contributed by atoms with Crippen molar-refractivity contribution in [2.24, 2.45) is 0 Å². The second kappa shape index (κ2) is 9.77. The molecule has 6 heteroatoms. The summed E-state index contributed by atoms with van der Waals surface area (Å²) in [7, 11) is 3.88. The van der Waals surface area contributed by atoms with Crippen molar-refractivity contribution in [3.05, 3.63) is 53.0 Å². The largest absolute Gasteiger partial charge is 0.356 e. The van der Waals surface area contributed by atoms with Crippen molar-refractivity contribution in [2.45, 2.75) is 44.9 Å². The van der Waals surface area contributed by atoms with Crippen LogP contribution in [0.15, 0.2) is 30.3 Å². The van der Waals surface area contributed by atoms with Gasteiger partial charge in [-0.05, 0) is 58.7 Å². The van der Waals surface area contributed by atoms with Gasteiger partial charge in [0, 0.05) is 43.4 Å². The van der Waals surface area contributed by atoms with E-state index in [1.54, 1.807) is 0 Å². The summed E-state index contributed by atoms with van der Waals surface area (Å²) >= 11 is 0. The monoisotopic (exact) mass is 421 g/mol. The van der Waals surface area contributed by atoms with Gasteiger partial charge < -0.3 is 14.7 Å². The molecule has 0 aliphatic carbocycles. The Balaban J connectivity index is 1.46. The highest BCUT2D eigenvalue weighted by molar-refractivity contribution is 5.78. The molecule has 2 aromatic rings. The molecule has 6 nitrogen and oxygen atoms in total. The van der Waals surface area contributed by atoms with Gasteiger partial charge in [0.25, 0.3) is 0 Å². The lowest BCUT2D eigenvalue weighted by molar-refractivity contribution is -0.132. The molecule has 1 aromatic carbocycles. The minimum Gasteiger partial charge on any atom is -0.356 e. The number of rotatable bonds is 6. The summed E-state index contributed by atoms with van der Waals surface area (Å²) in [4.78, 5) is 28.8. The van der Waals surface area contributed by atoms with Crippen molar-refractivity contribution >= 4 is 11.7 Å². The maximum atomic E-state index is 12.4. The number of aromatic nitrogens is 2. The highest BCUT2D eigenvalue weighted by Crippen LogP contribution is 2.32. The molecule has 0 saturated carbocycles. The lowest BCUT2D eigenvalue weighted by Gasteiger charge is -2.34. The Morgan fingerprint density at radius 2 is 1.84 bits per heavy atom. The van der Waals surface area contributed by atoms with Crippen LogP contribution in [0.2, 0.25) is 0 Å².